The fourth-order valence-electron chi connectivity index (χ4n) is 2.26. The van der Waals surface area contributed by atoms with Crippen LogP contribution in [-0.4, -0.2) is 60.2 Å². The molecule has 2 rings (SSSR count). The topological polar surface area (TPSA) is 59.1 Å². The number of hydrogen-bond acceptors (Lipinski definition) is 4. The van der Waals surface area contributed by atoms with Crippen LogP contribution in [0.1, 0.15) is 20.8 Å². The summed E-state index contributed by atoms with van der Waals surface area (Å²) in [6, 6.07) is 5.95. The zero-order valence-corrected chi connectivity index (χ0v) is 14.3. The number of para-hydroxylation sites is 1. The number of carbonyl (C=O) groups is 2. The number of benzene rings is 1. The molecular formula is C17H23FN2O4. The van der Waals surface area contributed by atoms with E-state index >= 15 is 0 Å². The van der Waals surface area contributed by atoms with E-state index in [0.717, 1.165) is 0 Å². The predicted molar refractivity (Wildman–Crippen MR) is 86.3 cm³/mol. The van der Waals surface area contributed by atoms with Gasteiger partial charge in [-0.15, -0.1) is 0 Å². The molecule has 1 aliphatic rings. The maximum absolute atomic E-state index is 13.4. The number of hydrogen-bond donors (Lipinski definition) is 0. The molecule has 0 atom stereocenters. The van der Waals surface area contributed by atoms with E-state index in [-0.39, 0.29) is 24.4 Å². The minimum absolute atomic E-state index is 0.0539. The van der Waals surface area contributed by atoms with E-state index in [2.05, 4.69) is 0 Å². The first-order valence-corrected chi connectivity index (χ1v) is 7.89. The first-order chi connectivity index (χ1) is 11.3. The summed E-state index contributed by atoms with van der Waals surface area (Å²) in [5, 5.41) is 0. The SMILES string of the molecule is CC(C)(C)OC(=O)N1CCN(C(=O)COc2ccccc2F)CC1. The molecule has 0 saturated carbocycles. The maximum Gasteiger partial charge on any atom is 0.410 e. The molecule has 0 N–H and O–H groups in total. The van der Waals surface area contributed by atoms with Crippen LogP contribution < -0.4 is 4.74 Å². The molecule has 1 heterocycles. The Labute approximate surface area is 141 Å². The first kappa shape index (κ1) is 18.0. The molecule has 0 aliphatic carbocycles. The molecular weight excluding hydrogens is 315 g/mol. The van der Waals surface area contributed by atoms with Crippen molar-refractivity contribution >= 4 is 12.0 Å². The van der Waals surface area contributed by atoms with Crippen molar-refractivity contribution in [2.45, 2.75) is 26.4 Å². The highest BCUT2D eigenvalue weighted by Gasteiger charge is 2.27. The molecule has 7 heteroatoms. The van der Waals surface area contributed by atoms with Crippen molar-refractivity contribution in [2.75, 3.05) is 32.8 Å². The van der Waals surface area contributed by atoms with Crippen LogP contribution in [0.15, 0.2) is 24.3 Å². The Balaban J connectivity index is 1.78. The number of nitrogens with zero attached hydrogens (tertiary/aromatic N) is 2. The summed E-state index contributed by atoms with van der Waals surface area (Å²) >= 11 is 0. The van der Waals surface area contributed by atoms with Gasteiger partial charge in [0.2, 0.25) is 0 Å². The van der Waals surface area contributed by atoms with Crippen LogP contribution in [0.25, 0.3) is 0 Å². The van der Waals surface area contributed by atoms with Gasteiger partial charge in [-0.25, -0.2) is 9.18 Å². The summed E-state index contributed by atoms with van der Waals surface area (Å²) in [7, 11) is 0. The zero-order chi connectivity index (χ0) is 17.7. The van der Waals surface area contributed by atoms with Crippen LogP contribution in [0.4, 0.5) is 9.18 Å². The van der Waals surface area contributed by atoms with Gasteiger partial charge in [0.1, 0.15) is 5.60 Å². The molecule has 6 nitrogen and oxygen atoms in total. The molecule has 1 saturated heterocycles. The number of carbonyl (C=O) groups excluding carboxylic acids is 2. The van der Waals surface area contributed by atoms with Gasteiger partial charge in [-0.1, -0.05) is 12.1 Å². The Morgan fingerprint density at radius 2 is 1.67 bits per heavy atom. The molecule has 2 amide bonds. The zero-order valence-electron chi connectivity index (χ0n) is 14.3. The highest BCUT2D eigenvalue weighted by atomic mass is 19.1. The number of halogens is 1. The minimum atomic E-state index is -0.544. The van der Waals surface area contributed by atoms with Gasteiger partial charge in [0.05, 0.1) is 0 Å². The van der Waals surface area contributed by atoms with Gasteiger partial charge in [-0.05, 0) is 32.9 Å². The number of ether oxygens (including phenoxy) is 2. The van der Waals surface area contributed by atoms with Crippen molar-refractivity contribution in [1.29, 1.82) is 0 Å². The van der Waals surface area contributed by atoms with E-state index in [0.29, 0.717) is 26.2 Å². The van der Waals surface area contributed by atoms with Crippen LogP contribution in [0.5, 0.6) is 5.75 Å². The lowest BCUT2D eigenvalue weighted by Gasteiger charge is -2.35. The van der Waals surface area contributed by atoms with E-state index in [1.165, 1.54) is 12.1 Å². The predicted octanol–water partition coefficient (Wildman–Crippen LogP) is 2.28. The van der Waals surface area contributed by atoms with Crippen molar-refractivity contribution < 1.29 is 23.5 Å². The van der Waals surface area contributed by atoms with Crippen LogP contribution in [0.2, 0.25) is 0 Å². The highest BCUT2D eigenvalue weighted by Crippen LogP contribution is 2.16. The van der Waals surface area contributed by atoms with Gasteiger partial charge < -0.3 is 19.3 Å². The summed E-state index contributed by atoms with van der Waals surface area (Å²) in [6.45, 7) is 6.81. The van der Waals surface area contributed by atoms with Crippen LogP contribution in [0, 0.1) is 5.82 Å². The largest absolute Gasteiger partial charge is 0.481 e. The van der Waals surface area contributed by atoms with Gasteiger partial charge in [-0.3, -0.25) is 4.79 Å². The summed E-state index contributed by atoms with van der Waals surface area (Å²) in [5.41, 5.74) is -0.544. The van der Waals surface area contributed by atoms with Gasteiger partial charge in [0.25, 0.3) is 5.91 Å². The smallest absolute Gasteiger partial charge is 0.410 e. The van der Waals surface area contributed by atoms with Crippen LogP contribution in [0.3, 0.4) is 0 Å². The maximum atomic E-state index is 13.4. The lowest BCUT2D eigenvalue weighted by Crippen LogP contribution is -2.52. The Bertz CT molecular complexity index is 592. The van der Waals surface area contributed by atoms with E-state index < -0.39 is 11.4 Å². The average Bonchev–Trinajstić information content (AvgIpc) is 2.52. The third-order valence-electron chi connectivity index (χ3n) is 3.47. The third kappa shape index (κ3) is 5.11. The van der Waals surface area contributed by atoms with E-state index in [1.807, 2.05) is 20.8 Å². The fourth-order valence-corrected chi connectivity index (χ4v) is 2.26. The Hall–Kier alpha value is -2.31. The molecule has 1 aromatic carbocycles. The Kier molecular flexibility index (Phi) is 5.64. The Morgan fingerprint density at radius 3 is 2.25 bits per heavy atom. The Morgan fingerprint density at radius 1 is 1.08 bits per heavy atom. The molecule has 0 radical (unpaired) electrons. The minimum Gasteiger partial charge on any atom is -0.481 e. The average molecular weight is 338 g/mol. The standard InChI is InChI=1S/C17H23FN2O4/c1-17(2,3)24-16(22)20-10-8-19(9-11-20)15(21)12-23-14-7-5-4-6-13(14)18/h4-7H,8-12H2,1-3H3. The van der Waals surface area contributed by atoms with E-state index in [9.17, 15) is 14.0 Å². The van der Waals surface area contributed by atoms with E-state index in [4.69, 9.17) is 9.47 Å². The molecule has 24 heavy (non-hydrogen) atoms. The number of piperazine rings is 1. The van der Waals surface area contributed by atoms with Gasteiger partial charge >= 0.3 is 6.09 Å². The molecule has 0 bridgehead atoms. The monoisotopic (exact) mass is 338 g/mol. The first-order valence-electron chi connectivity index (χ1n) is 7.89. The van der Waals surface area contributed by atoms with Gasteiger partial charge in [0, 0.05) is 26.2 Å². The molecule has 1 aliphatic heterocycles. The molecule has 1 aromatic rings. The molecule has 0 unspecified atom stereocenters. The number of amides is 2. The summed E-state index contributed by atoms with van der Waals surface area (Å²) < 4.78 is 24.0. The van der Waals surface area contributed by atoms with Crippen LogP contribution >= 0.6 is 0 Å². The second kappa shape index (κ2) is 7.51. The molecule has 132 valence electrons. The summed E-state index contributed by atoms with van der Waals surface area (Å²) in [5.74, 6) is -0.680. The second-order valence-corrected chi connectivity index (χ2v) is 6.57. The van der Waals surface area contributed by atoms with Crippen molar-refractivity contribution in [3.63, 3.8) is 0 Å². The normalized spacial score (nSPS) is 15.2. The second-order valence-electron chi connectivity index (χ2n) is 6.57. The lowest BCUT2D eigenvalue weighted by molar-refractivity contribution is -0.135. The van der Waals surface area contributed by atoms with Gasteiger partial charge in [0.15, 0.2) is 18.2 Å². The summed E-state index contributed by atoms with van der Waals surface area (Å²) in [6.07, 6.45) is -0.378. The van der Waals surface area contributed by atoms with Crippen molar-refractivity contribution in [1.82, 2.24) is 9.80 Å². The quantitative estimate of drug-likeness (QED) is 0.848. The molecule has 0 spiro atoms. The molecule has 1 fully saturated rings. The van der Waals surface area contributed by atoms with Crippen molar-refractivity contribution in [3.05, 3.63) is 30.1 Å². The molecule has 0 aromatic heterocycles. The third-order valence-corrected chi connectivity index (χ3v) is 3.47. The lowest BCUT2D eigenvalue weighted by atomic mass is 10.2. The van der Waals surface area contributed by atoms with Crippen LogP contribution in [-0.2, 0) is 9.53 Å². The van der Waals surface area contributed by atoms with Crippen molar-refractivity contribution in [2.24, 2.45) is 0 Å². The number of rotatable bonds is 3. The van der Waals surface area contributed by atoms with E-state index in [1.54, 1.807) is 21.9 Å². The highest BCUT2D eigenvalue weighted by molar-refractivity contribution is 5.78. The van der Waals surface area contributed by atoms with Gasteiger partial charge in [-0.2, -0.15) is 0 Å². The summed E-state index contributed by atoms with van der Waals surface area (Å²) in [4.78, 5) is 27.3. The van der Waals surface area contributed by atoms with Crippen molar-refractivity contribution in [3.8, 4) is 5.75 Å². The fraction of sp³-hybridized carbons (Fsp3) is 0.529.